The van der Waals surface area contributed by atoms with Crippen molar-refractivity contribution in [2.75, 3.05) is 20.2 Å². The molecule has 0 saturated carbocycles. The van der Waals surface area contributed by atoms with Crippen molar-refractivity contribution in [1.29, 1.82) is 0 Å². The summed E-state index contributed by atoms with van der Waals surface area (Å²) in [6, 6.07) is 16.7. The molecule has 0 unspecified atom stereocenters. The Morgan fingerprint density at radius 2 is 1.64 bits per heavy atom. The lowest BCUT2D eigenvalue weighted by molar-refractivity contribution is -0.123. The monoisotopic (exact) mass is 334 g/mol. The Kier molecular flexibility index (Phi) is 6.72. The van der Waals surface area contributed by atoms with Crippen LogP contribution < -0.4 is 4.74 Å². The van der Waals surface area contributed by atoms with Gasteiger partial charge in [-0.2, -0.15) is 0 Å². The number of amides is 1. The molecule has 1 amide bonds. The molecule has 0 N–H and O–H groups in total. The van der Waals surface area contributed by atoms with Crippen LogP contribution in [-0.2, 0) is 4.79 Å². The molecule has 0 saturated heterocycles. The first-order valence-corrected chi connectivity index (χ1v) is 7.98. The second-order valence-electron chi connectivity index (χ2n) is 5.31. The fraction of sp³-hybridized carbons (Fsp3) is 0.143. The molecule has 4 heteroatoms. The number of benzene rings is 2. The van der Waals surface area contributed by atoms with Crippen LogP contribution in [0.1, 0.15) is 5.56 Å². The zero-order valence-corrected chi connectivity index (χ0v) is 14.4. The molecule has 0 atom stereocenters. The number of ether oxygens (including phenoxy) is 1. The highest BCUT2D eigenvalue weighted by molar-refractivity contribution is 6.45. The van der Waals surface area contributed by atoms with Crippen molar-refractivity contribution < 1.29 is 9.53 Å². The summed E-state index contributed by atoms with van der Waals surface area (Å²) in [6.07, 6.45) is 3.38. The van der Waals surface area contributed by atoms with E-state index < -0.39 is 0 Å². The molecule has 0 aliphatic rings. The van der Waals surface area contributed by atoms with Crippen LogP contribution in [0.4, 0.5) is 5.69 Å². The van der Waals surface area contributed by atoms with Crippen molar-refractivity contribution in [2.45, 2.75) is 0 Å². The summed E-state index contributed by atoms with van der Waals surface area (Å²) in [4.78, 5) is 19.3. The van der Waals surface area contributed by atoms with E-state index in [2.05, 4.69) is 18.2 Å². The maximum Gasteiger partial charge on any atom is 0.273 e. The molecule has 0 aliphatic heterocycles. The summed E-state index contributed by atoms with van der Waals surface area (Å²) >= 11 is 0. The van der Waals surface area contributed by atoms with Crippen LogP contribution in [0.3, 0.4) is 0 Å². The largest absolute Gasteiger partial charge is 0.497 e. The Morgan fingerprint density at radius 3 is 2.16 bits per heavy atom. The number of aliphatic imine (C=N–C) groups is 1. The van der Waals surface area contributed by atoms with Crippen LogP contribution in [0.15, 0.2) is 84.9 Å². The summed E-state index contributed by atoms with van der Waals surface area (Å²) in [5.41, 5.74) is 1.83. The maximum absolute atomic E-state index is 13.0. The summed E-state index contributed by atoms with van der Waals surface area (Å²) < 4.78 is 5.16. The molecule has 2 aromatic carbocycles. The lowest BCUT2D eigenvalue weighted by Gasteiger charge is -2.20. The third-order valence-corrected chi connectivity index (χ3v) is 3.55. The summed E-state index contributed by atoms with van der Waals surface area (Å²) in [5, 5.41) is 0. The molecule has 128 valence electrons. The van der Waals surface area contributed by atoms with Gasteiger partial charge in [-0.1, -0.05) is 42.5 Å². The van der Waals surface area contributed by atoms with Gasteiger partial charge in [0.15, 0.2) is 0 Å². The zero-order chi connectivity index (χ0) is 18.1. The number of carbonyl (C=O) groups excluding carboxylic acids is 1. The van der Waals surface area contributed by atoms with Gasteiger partial charge in [0.2, 0.25) is 0 Å². The van der Waals surface area contributed by atoms with E-state index >= 15 is 0 Å². The van der Waals surface area contributed by atoms with Crippen molar-refractivity contribution in [3.05, 3.63) is 85.5 Å². The molecule has 2 aromatic rings. The third kappa shape index (κ3) is 4.91. The Balaban J connectivity index is 2.45. The Hall–Kier alpha value is -3.14. The number of nitrogens with zero attached hydrogens (tertiary/aromatic N) is 2. The Morgan fingerprint density at radius 1 is 1.04 bits per heavy atom. The van der Waals surface area contributed by atoms with Gasteiger partial charge in [0, 0.05) is 18.7 Å². The quantitative estimate of drug-likeness (QED) is 0.540. The third-order valence-electron chi connectivity index (χ3n) is 3.55. The highest BCUT2D eigenvalue weighted by atomic mass is 16.5. The van der Waals surface area contributed by atoms with Gasteiger partial charge >= 0.3 is 0 Å². The molecular formula is C21H22N2O2. The fourth-order valence-electron chi connectivity index (χ4n) is 2.32. The first-order chi connectivity index (χ1) is 12.2. The predicted molar refractivity (Wildman–Crippen MR) is 103 cm³/mol. The average molecular weight is 334 g/mol. The van der Waals surface area contributed by atoms with Gasteiger partial charge in [-0.3, -0.25) is 4.79 Å². The standard InChI is InChI=1S/C21H22N2O2/c1-4-15-23(16-5-2)21(24)20(17-9-7-6-8-10-17)22-18-11-13-19(25-3)14-12-18/h4-14H,1-2,15-16H2,3H3. The van der Waals surface area contributed by atoms with Crippen LogP contribution in [0.2, 0.25) is 0 Å². The number of carbonyl (C=O) groups is 1. The normalized spacial score (nSPS) is 10.8. The summed E-state index contributed by atoms with van der Waals surface area (Å²) in [6.45, 7) is 8.30. The van der Waals surface area contributed by atoms with Gasteiger partial charge < -0.3 is 9.64 Å². The molecule has 4 nitrogen and oxygen atoms in total. The molecule has 0 aromatic heterocycles. The Bertz CT molecular complexity index is 739. The van der Waals surface area contributed by atoms with E-state index in [-0.39, 0.29) is 5.91 Å². The van der Waals surface area contributed by atoms with E-state index in [1.807, 2.05) is 54.6 Å². The van der Waals surface area contributed by atoms with Crippen LogP contribution in [0.25, 0.3) is 0 Å². The van der Waals surface area contributed by atoms with Gasteiger partial charge in [-0.15, -0.1) is 13.2 Å². The molecular weight excluding hydrogens is 312 g/mol. The number of hydrogen-bond donors (Lipinski definition) is 0. The van der Waals surface area contributed by atoms with Crippen LogP contribution in [0, 0.1) is 0 Å². The molecule has 0 heterocycles. The zero-order valence-electron chi connectivity index (χ0n) is 14.4. The highest BCUT2D eigenvalue weighted by Gasteiger charge is 2.19. The average Bonchev–Trinajstić information content (AvgIpc) is 2.66. The SMILES string of the molecule is C=CCN(CC=C)C(=O)C(=Nc1ccc(OC)cc1)c1ccccc1. The molecule has 25 heavy (non-hydrogen) atoms. The van der Waals surface area contributed by atoms with Crippen molar-refractivity contribution in [3.63, 3.8) is 0 Å². The molecule has 0 spiro atoms. The second kappa shape index (κ2) is 9.23. The molecule has 0 bridgehead atoms. The minimum atomic E-state index is -0.165. The summed E-state index contributed by atoms with van der Waals surface area (Å²) in [7, 11) is 1.61. The molecule has 2 rings (SSSR count). The van der Waals surface area contributed by atoms with Crippen LogP contribution in [0.5, 0.6) is 5.75 Å². The van der Waals surface area contributed by atoms with Gasteiger partial charge in [-0.05, 0) is 24.3 Å². The first kappa shape index (κ1) is 18.2. The van der Waals surface area contributed by atoms with Crippen LogP contribution in [-0.4, -0.2) is 36.7 Å². The van der Waals surface area contributed by atoms with Gasteiger partial charge in [0.05, 0.1) is 12.8 Å². The van der Waals surface area contributed by atoms with E-state index in [1.54, 1.807) is 24.2 Å². The number of hydrogen-bond acceptors (Lipinski definition) is 3. The topological polar surface area (TPSA) is 41.9 Å². The van der Waals surface area contributed by atoms with E-state index in [4.69, 9.17) is 4.74 Å². The van der Waals surface area contributed by atoms with Crippen molar-refractivity contribution >= 4 is 17.3 Å². The summed E-state index contributed by atoms with van der Waals surface area (Å²) in [5.74, 6) is 0.577. The second-order valence-corrected chi connectivity index (χ2v) is 5.31. The Labute approximate surface area is 148 Å². The molecule has 0 fully saturated rings. The number of rotatable bonds is 8. The first-order valence-electron chi connectivity index (χ1n) is 7.98. The van der Waals surface area contributed by atoms with Gasteiger partial charge in [0.1, 0.15) is 11.5 Å². The van der Waals surface area contributed by atoms with Crippen molar-refractivity contribution in [3.8, 4) is 5.75 Å². The van der Waals surface area contributed by atoms with Crippen molar-refractivity contribution in [2.24, 2.45) is 4.99 Å². The van der Waals surface area contributed by atoms with Crippen molar-refractivity contribution in [1.82, 2.24) is 4.90 Å². The lowest BCUT2D eigenvalue weighted by atomic mass is 10.1. The van der Waals surface area contributed by atoms with E-state index in [0.29, 0.717) is 24.5 Å². The fourth-order valence-corrected chi connectivity index (χ4v) is 2.32. The van der Waals surface area contributed by atoms with Crippen LogP contribution >= 0.6 is 0 Å². The minimum Gasteiger partial charge on any atom is -0.497 e. The molecule has 0 aliphatic carbocycles. The van der Waals surface area contributed by atoms with Gasteiger partial charge in [0.25, 0.3) is 5.91 Å². The van der Waals surface area contributed by atoms with Gasteiger partial charge in [-0.25, -0.2) is 4.99 Å². The highest BCUT2D eigenvalue weighted by Crippen LogP contribution is 2.19. The lowest BCUT2D eigenvalue weighted by Crippen LogP contribution is -2.37. The van der Waals surface area contributed by atoms with E-state index in [9.17, 15) is 4.79 Å². The predicted octanol–water partition coefficient (Wildman–Crippen LogP) is 4.02. The minimum absolute atomic E-state index is 0.165. The smallest absolute Gasteiger partial charge is 0.273 e. The number of methoxy groups -OCH3 is 1. The maximum atomic E-state index is 13.0. The van der Waals surface area contributed by atoms with E-state index in [0.717, 1.165) is 11.3 Å². The van der Waals surface area contributed by atoms with E-state index in [1.165, 1.54) is 0 Å². The molecule has 0 radical (unpaired) electrons.